The van der Waals surface area contributed by atoms with Crippen molar-refractivity contribution < 1.29 is 30.7 Å². The minimum Gasteiger partial charge on any atom is -0.507 e. The molecule has 1 saturated carbocycles. The third-order valence-corrected chi connectivity index (χ3v) is 10.00. The number of rotatable bonds is 11. The molecule has 42 heavy (non-hydrogen) atoms. The second-order valence-electron chi connectivity index (χ2n) is 10.1. The fourth-order valence-electron chi connectivity index (χ4n) is 4.89. The summed E-state index contributed by atoms with van der Waals surface area (Å²) in [6.07, 6.45) is 1.81. The van der Waals surface area contributed by atoms with Crippen LogP contribution in [-0.4, -0.2) is 21.9 Å². The summed E-state index contributed by atoms with van der Waals surface area (Å²) >= 11 is 0. The van der Waals surface area contributed by atoms with Crippen molar-refractivity contribution in [2.45, 2.75) is 47.9 Å². The normalized spacial score (nSPS) is 15.2. The molecule has 3 aromatic carbocycles. The number of sulfonamides is 2. The van der Waals surface area contributed by atoms with Crippen molar-refractivity contribution in [3.63, 3.8) is 0 Å². The highest BCUT2D eigenvalue weighted by atomic mass is 32.2. The van der Waals surface area contributed by atoms with Gasteiger partial charge < -0.3 is 9.52 Å². The third kappa shape index (κ3) is 6.40. The molecular weight excluding hydrogens is 583 g/mol. The maximum absolute atomic E-state index is 13.3. The van der Waals surface area contributed by atoms with Gasteiger partial charge in [0, 0.05) is 17.7 Å². The molecule has 0 spiro atoms. The van der Waals surface area contributed by atoms with E-state index in [1.165, 1.54) is 18.2 Å². The molecule has 1 aliphatic rings. The molecule has 1 aromatic heterocycles. The van der Waals surface area contributed by atoms with Crippen molar-refractivity contribution in [1.82, 2.24) is 4.72 Å². The maximum atomic E-state index is 13.3. The number of nitrogens with one attached hydrogen (secondary N) is 2. The van der Waals surface area contributed by atoms with Gasteiger partial charge in [0.25, 0.3) is 10.0 Å². The molecular formula is C30H29FN2O7S2. The van der Waals surface area contributed by atoms with Crippen LogP contribution in [0.5, 0.6) is 5.75 Å². The topological polar surface area (TPSA) is 143 Å². The second kappa shape index (κ2) is 11.7. The van der Waals surface area contributed by atoms with Crippen LogP contribution in [0.25, 0.3) is 0 Å². The molecule has 12 heteroatoms. The zero-order chi connectivity index (χ0) is 30.1. The van der Waals surface area contributed by atoms with Gasteiger partial charge in [0.2, 0.25) is 10.0 Å². The Morgan fingerprint density at radius 2 is 1.57 bits per heavy atom. The fraction of sp³-hybridized carbons (Fsp3) is 0.233. The van der Waals surface area contributed by atoms with E-state index in [1.807, 2.05) is 0 Å². The van der Waals surface area contributed by atoms with Crippen LogP contribution in [0.3, 0.4) is 0 Å². The van der Waals surface area contributed by atoms with Crippen LogP contribution in [0, 0.1) is 11.7 Å². The molecule has 1 aliphatic carbocycles. The van der Waals surface area contributed by atoms with E-state index in [2.05, 4.69) is 9.44 Å². The lowest BCUT2D eigenvalue weighted by molar-refractivity contribution is 0.373. The monoisotopic (exact) mass is 612 g/mol. The van der Waals surface area contributed by atoms with Gasteiger partial charge in [0.1, 0.15) is 17.3 Å². The Labute approximate surface area is 243 Å². The van der Waals surface area contributed by atoms with Crippen molar-refractivity contribution in [1.29, 1.82) is 0 Å². The van der Waals surface area contributed by atoms with E-state index in [9.17, 15) is 31.1 Å². The Balaban J connectivity index is 1.45. The molecule has 9 nitrogen and oxygen atoms in total. The van der Waals surface area contributed by atoms with E-state index in [1.54, 1.807) is 49.4 Å². The van der Waals surface area contributed by atoms with E-state index < -0.39 is 43.4 Å². The lowest BCUT2D eigenvalue weighted by atomic mass is 9.87. The molecule has 3 N–H and O–H groups in total. The molecule has 2 unspecified atom stereocenters. The third-order valence-electron chi connectivity index (χ3n) is 7.11. The number of hydrogen-bond donors (Lipinski definition) is 3. The lowest BCUT2D eigenvalue weighted by Gasteiger charge is -2.21. The molecule has 1 heterocycles. The zero-order valence-corrected chi connectivity index (χ0v) is 24.2. The molecule has 0 aliphatic heterocycles. The average Bonchev–Trinajstić information content (AvgIpc) is 3.79. The molecule has 5 rings (SSSR count). The summed E-state index contributed by atoms with van der Waals surface area (Å²) in [5, 5.41) is 11.1. The van der Waals surface area contributed by atoms with Gasteiger partial charge in [0.05, 0.1) is 21.4 Å². The van der Waals surface area contributed by atoms with Crippen LogP contribution >= 0.6 is 0 Å². The van der Waals surface area contributed by atoms with Gasteiger partial charge in [-0.1, -0.05) is 37.3 Å². The van der Waals surface area contributed by atoms with Crippen LogP contribution in [0.15, 0.2) is 104 Å². The first-order chi connectivity index (χ1) is 20.0. The van der Waals surface area contributed by atoms with E-state index >= 15 is 0 Å². The van der Waals surface area contributed by atoms with E-state index in [-0.39, 0.29) is 44.9 Å². The summed E-state index contributed by atoms with van der Waals surface area (Å²) in [4.78, 5) is 13.3. The summed E-state index contributed by atoms with van der Waals surface area (Å²) in [5.41, 5.74) is 0.0189. The van der Waals surface area contributed by atoms with Crippen LogP contribution in [0.2, 0.25) is 0 Å². The van der Waals surface area contributed by atoms with Crippen LogP contribution in [0.4, 0.5) is 10.1 Å². The van der Waals surface area contributed by atoms with Gasteiger partial charge in [-0.05, 0) is 79.3 Å². The fourth-order valence-corrected chi connectivity index (χ4v) is 7.25. The molecule has 0 bridgehead atoms. The van der Waals surface area contributed by atoms with Crippen molar-refractivity contribution in [2.75, 3.05) is 4.72 Å². The van der Waals surface area contributed by atoms with Crippen LogP contribution in [0.1, 0.15) is 55.0 Å². The number of anilines is 1. The smallest absolute Gasteiger partial charge is 0.343 e. The lowest BCUT2D eigenvalue weighted by Crippen LogP contribution is -2.29. The number of benzene rings is 3. The predicted molar refractivity (Wildman–Crippen MR) is 155 cm³/mol. The van der Waals surface area contributed by atoms with Gasteiger partial charge >= 0.3 is 5.63 Å². The number of aromatic hydroxyl groups is 1. The Morgan fingerprint density at radius 1 is 0.905 bits per heavy atom. The summed E-state index contributed by atoms with van der Waals surface area (Å²) in [7, 11) is -7.94. The van der Waals surface area contributed by atoms with Crippen molar-refractivity contribution in [2.24, 2.45) is 5.92 Å². The van der Waals surface area contributed by atoms with E-state index in [0.717, 1.165) is 37.1 Å². The Bertz CT molecular complexity index is 1860. The summed E-state index contributed by atoms with van der Waals surface area (Å²) in [5.74, 6) is -1.52. The zero-order valence-electron chi connectivity index (χ0n) is 22.5. The minimum absolute atomic E-state index is 0.00663. The number of halogens is 1. The van der Waals surface area contributed by atoms with Crippen LogP contribution in [-0.2, 0) is 20.0 Å². The molecule has 0 amide bonds. The van der Waals surface area contributed by atoms with E-state index in [4.69, 9.17) is 4.42 Å². The number of hydrogen-bond acceptors (Lipinski definition) is 7. The Hall–Kier alpha value is -4.00. The van der Waals surface area contributed by atoms with Gasteiger partial charge in [-0.15, -0.1) is 0 Å². The van der Waals surface area contributed by atoms with Gasteiger partial charge in [-0.3, -0.25) is 4.72 Å². The predicted octanol–water partition coefficient (Wildman–Crippen LogP) is 5.26. The minimum atomic E-state index is -4.01. The van der Waals surface area contributed by atoms with E-state index in [0.29, 0.717) is 5.56 Å². The second-order valence-corrected chi connectivity index (χ2v) is 13.5. The molecule has 4 aromatic rings. The summed E-state index contributed by atoms with van der Waals surface area (Å²) < 4.78 is 75.4. The highest BCUT2D eigenvalue weighted by Crippen LogP contribution is 2.48. The summed E-state index contributed by atoms with van der Waals surface area (Å²) in [6.45, 7) is 1.72. The SMILES string of the molecule is CCC(NS(=O)(=O)c1ccccc1)c1cc(O)c(C(c2cccc(NS(=O)(=O)c3ccc(F)cc3)c2)C2CC2)c(=O)o1. The average molecular weight is 613 g/mol. The Morgan fingerprint density at radius 3 is 2.19 bits per heavy atom. The largest absolute Gasteiger partial charge is 0.507 e. The van der Waals surface area contributed by atoms with Crippen molar-refractivity contribution in [3.8, 4) is 5.75 Å². The standard InChI is InChI=1S/C30H29FN2O7S2/c1-2-25(33-42(38,39)23-9-4-3-5-10-23)27-18-26(34)29(30(35)40-27)28(19-11-12-19)20-7-6-8-22(17-20)32-41(36,37)24-15-13-21(31)14-16-24/h3-10,13-19,25,28,32-34H,2,11-12H2,1H3. The van der Waals surface area contributed by atoms with Crippen LogP contribution < -0.4 is 15.1 Å². The summed E-state index contributed by atoms with van der Waals surface area (Å²) in [6, 6.07) is 19.0. The highest BCUT2D eigenvalue weighted by molar-refractivity contribution is 7.92. The first-order valence-electron chi connectivity index (χ1n) is 13.3. The Kier molecular flexibility index (Phi) is 8.22. The molecule has 220 valence electrons. The van der Waals surface area contributed by atoms with Gasteiger partial charge in [0.15, 0.2) is 0 Å². The molecule has 0 radical (unpaired) electrons. The van der Waals surface area contributed by atoms with Gasteiger partial charge in [-0.25, -0.2) is 30.7 Å². The first-order valence-corrected chi connectivity index (χ1v) is 16.3. The van der Waals surface area contributed by atoms with Crippen molar-refractivity contribution in [3.05, 3.63) is 118 Å². The molecule has 0 saturated heterocycles. The molecule has 1 fully saturated rings. The van der Waals surface area contributed by atoms with Crippen molar-refractivity contribution >= 4 is 25.7 Å². The highest BCUT2D eigenvalue weighted by Gasteiger charge is 2.38. The quantitative estimate of drug-likeness (QED) is 0.210. The first kappa shape index (κ1) is 29.5. The van der Waals surface area contributed by atoms with Gasteiger partial charge in [-0.2, -0.15) is 0 Å². The maximum Gasteiger partial charge on any atom is 0.343 e. The molecule has 2 atom stereocenters.